The summed E-state index contributed by atoms with van der Waals surface area (Å²) in [5, 5.41) is 3.42. The Morgan fingerprint density at radius 1 is 1.35 bits per heavy atom. The molecule has 0 atom stereocenters. The van der Waals surface area contributed by atoms with E-state index in [4.69, 9.17) is 0 Å². The van der Waals surface area contributed by atoms with Crippen molar-refractivity contribution in [1.82, 2.24) is 15.0 Å². The van der Waals surface area contributed by atoms with Crippen LogP contribution in [-0.2, 0) is 11.5 Å². The highest BCUT2D eigenvalue weighted by atomic mass is 79.9. The van der Waals surface area contributed by atoms with Crippen LogP contribution in [-0.4, -0.2) is 21.5 Å². The summed E-state index contributed by atoms with van der Waals surface area (Å²) in [6.07, 6.45) is 2.85. The molecule has 0 spiro atoms. The number of hydrogen-bond acceptors (Lipinski definition) is 5. The average Bonchev–Trinajstić information content (AvgIpc) is 2.93. The summed E-state index contributed by atoms with van der Waals surface area (Å²) in [4.78, 5) is 13.8. The Labute approximate surface area is 131 Å². The van der Waals surface area contributed by atoms with Crippen LogP contribution in [0.25, 0.3) is 11.5 Å². The van der Waals surface area contributed by atoms with Crippen molar-refractivity contribution in [2.75, 3.05) is 11.9 Å². The van der Waals surface area contributed by atoms with Gasteiger partial charge in [0, 0.05) is 34.3 Å². The first-order valence-electron chi connectivity index (χ1n) is 6.62. The fraction of sp³-hybridized carbons (Fsp3) is 0.357. The predicted molar refractivity (Wildman–Crippen MR) is 86.7 cm³/mol. The van der Waals surface area contributed by atoms with Crippen molar-refractivity contribution in [3.8, 4) is 11.5 Å². The average molecular weight is 351 g/mol. The smallest absolute Gasteiger partial charge is 0.181 e. The molecule has 6 heteroatoms. The number of hydrogen-bond donors (Lipinski definition) is 1. The van der Waals surface area contributed by atoms with Crippen molar-refractivity contribution < 1.29 is 0 Å². The lowest BCUT2D eigenvalue weighted by Crippen LogP contribution is -2.08. The van der Waals surface area contributed by atoms with Gasteiger partial charge in [-0.2, -0.15) is 11.8 Å². The molecule has 20 heavy (non-hydrogen) atoms. The SMILES string of the molecule is CCCNc1nc(-c2ncccc2Br)nc2c1CSC2. The van der Waals surface area contributed by atoms with Gasteiger partial charge in [0.1, 0.15) is 11.5 Å². The first-order valence-corrected chi connectivity index (χ1v) is 8.56. The summed E-state index contributed by atoms with van der Waals surface area (Å²) in [7, 11) is 0. The van der Waals surface area contributed by atoms with Crippen LogP contribution >= 0.6 is 27.7 Å². The van der Waals surface area contributed by atoms with Crippen LogP contribution in [0.3, 0.4) is 0 Å². The standard InChI is InChI=1S/C14H15BrN4S/c1-2-5-17-13-9-7-20-8-11(9)18-14(19-13)12-10(15)4-3-6-16-12/h3-4,6H,2,5,7-8H2,1H3,(H,17,18,19). The van der Waals surface area contributed by atoms with Crippen molar-refractivity contribution in [2.45, 2.75) is 24.9 Å². The molecule has 0 aromatic carbocycles. The molecule has 104 valence electrons. The van der Waals surface area contributed by atoms with Crippen LogP contribution in [0.5, 0.6) is 0 Å². The van der Waals surface area contributed by atoms with Gasteiger partial charge in [-0.25, -0.2) is 9.97 Å². The molecule has 4 nitrogen and oxygen atoms in total. The van der Waals surface area contributed by atoms with Gasteiger partial charge >= 0.3 is 0 Å². The van der Waals surface area contributed by atoms with Crippen LogP contribution in [0, 0.1) is 0 Å². The third-order valence-corrected chi connectivity index (χ3v) is 4.70. The van der Waals surface area contributed by atoms with Gasteiger partial charge in [-0.3, -0.25) is 4.98 Å². The molecule has 0 saturated carbocycles. The summed E-state index contributed by atoms with van der Waals surface area (Å²) >= 11 is 5.41. The molecule has 2 aromatic heterocycles. The maximum Gasteiger partial charge on any atom is 0.181 e. The molecular formula is C14H15BrN4S. The number of anilines is 1. The van der Waals surface area contributed by atoms with Crippen LogP contribution in [0.15, 0.2) is 22.8 Å². The minimum atomic E-state index is 0.692. The maximum absolute atomic E-state index is 4.69. The second kappa shape index (κ2) is 6.10. The molecule has 2 aromatic rings. The first-order chi connectivity index (χ1) is 9.79. The molecule has 3 heterocycles. The van der Waals surface area contributed by atoms with Gasteiger partial charge in [-0.05, 0) is 34.5 Å². The van der Waals surface area contributed by atoms with Crippen LogP contribution in [0.2, 0.25) is 0 Å². The molecule has 0 fully saturated rings. The molecule has 0 radical (unpaired) electrons. The Morgan fingerprint density at radius 3 is 3.05 bits per heavy atom. The Hall–Kier alpha value is -1.14. The molecule has 3 rings (SSSR count). The van der Waals surface area contributed by atoms with Crippen molar-refractivity contribution in [3.05, 3.63) is 34.1 Å². The van der Waals surface area contributed by atoms with Gasteiger partial charge in [0.25, 0.3) is 0 Å². The van der Waals surface area contributed by atoms with Gasteiger partial charge in [0.15, 0.2) is 5.82 Å². The van der Waals surface area contributed by atoms with Gasteiger partial charge in [-0.15, -0.1) is 0 Å². The fourth-order valence-corrected chi connectivity index (χ4v) is 3.57. The van der Waals surface area contributed by atoms with Gasteiger partial charge in [0.2, 0.25) is 0 Å². The van der Waals surface area contributed by atoms with E-state index < -0.39 is 0 Å². The topological polar surface area (TPSA) is 50.7 Å². The summed E-state index contributed by atoms with van der Waals surface area (Å²) in [6.45, 7) is 3.08. The quantitative estimate of drug-likeness (QED) is 0.906. The molecule has 1 aliphatic heterocycles. The minimum Gasteiger partial charge on any atom is -0.370 e. The fourth-order valence-electron chi connectivity index (χ4n) is 2.10. The molecule has 0 amide bonds. The van der Waals surface area contributed by atoms with Gasteiger partial charge < -0.3 is 5.32 Å². The number of aromatic nitrogens is 3. The zero-order valence-corrected chi connectivity index (χ0v) is 13.6. The maximum atomic E-state index is 4.69. The van der Waals surface area contributed by atoms with Gasteiger partial charge in [-0.1, -0.05) is 6.92 Å². The zero-order chi connectivity index (χ0) is 13.9. The molecule has 1 aliphatic rings. The number of nitrogens with zero attached hydrogens (tertiary/aromatic N) is 3. The van der Waals surface area contributed by atoms with E-state index in [0.717, 1.165) is 46.1 Å². The Balaban J connectivity index is 2.06. The second-order valence-electron chi connectivity index (χ2n) is 4.57. The molecular weight excluding hydrogens is 336 g/mol. The first kappa shape index (κ1) is 13.8. The normalized spacial score (nSPS) is 13.3. The van der Waals surface area contributed by atoms with Crippen LogP contribution in [0.4, 0.5) is 5.82 Å². The molecule has 0 aliphatic carbocycles. The summed E-state index contributed by atoms with van der Waals surface area (Å²) in [6, 6.07) is 3.86. The highest BCUT2D eigenvalue weighted by Crippen LogP contribution is 2.35. The van der Waals surface area contributed by atoms with E-state index in [2.05, 4.69) is 43.1 Å². The Kier molecular flexibility index (Phi) is 4.21. The van der Waals surface area contributed by atoms with Crippen molar-refractivity contribution in [2.24, 2.45) is 0 Å². The third-order valence-electron chi connectivity index (χ3n) is 3.09. The van der Waals surface area contributed by atoms with Gasteiger partial charge in [0.05, 0.1) is 5.69 Å². The highest BCUT2D eigenvalue weighted by molar-refractivity contribution is 9.10. The van der Waals surface area contributed by atoms with E-state index in [9.17, 15) is 0 Å². The number of rotatable bonds is 4. The lowest BCUT2D eigenvalue weighted by Gasteiger charge is -2.11. The molecule has 0 saturated heterocycles. The summed E-state index contributed by atoms with van der Waals surface area (Å²) in [5.41, 5.74) is 3.18. The van der Waals surface area contributed by atoms with E-state index in [-0.39, 0.29) is 0 Å². The molecule has 0 bridgehead atoms. The highest BCUT2D eigenvalue weighted by Gasteiger charge is 2.21. The monoisotopic (exact) mass is 350 g/mol. The van der Waals surface area contributed by atoms with Crippen molar-refractivity contribution >= 4 is 33.5 Å². The Bertz CT molecular complexity index is 633. The zero-order valence-electron chi connectivity index (χ0n) is 11.2. The van der Waals surface area contributed by atoms with E-state index in [1.807, 2.05) is 23.9 Å². The van der Waals surface area contributed by atoms with E-state index in [1.165, 1.54) is 5.56 Å². The van der Waals surface area contributed by atoms with E-state index >= 15 is 0 Å². The summed E-state index contributed by atoms with van der Waals surface area (Å²) < 4.78 is 0.923. The second-order valence-corrected chi connectivity index (χ2v) is 6.41. The number of thioether (sulfide) groups is 1. The van der Waals surface area contributed by atoms with Crippen molar-refractivity contribution in [3.63, 3.8) is 0 Å². The molecule has 0 unspecified atom stereocenters. The molecule has 1 N–H and O–H groups in total. The minimum absolute atomic E-state index is 0.692. The predicted octanol–water partition coefficient (Wildman–Crippen LogP) is 3.87. The number of nitrogens with one attached hydrogen (secondary N) is 1. The van der Waals surface area contributed by atoms with Crippen molar-refractivity contribution in [1.29, 1.82) is 0 Å². The number of fused-ring (bicyclic) bond motifs is 1. The lowest BCUT2D eigenvalue weighted by molar-refractivity contribution is 0.953. The summed E-state index contributed by atoms with van der Waals surface area (Å²) in [5.74, 6) is 3.60. The Morgan fingerprint density at radius 2 is 2.25 bits per heavy atom. The number of pyridine rings is 1. The van der Waals surface area contributed by atoms with Crippen LogP contribution in [0.1, 0.15) is 24.6 Å². The van der Waals surface area contributed by atoms with E-state index in [0.29, 0.717) is 5.82 Å². The number of halogens is 1. The van der Waals surface area contributed by atoms with Crippen LogP contribution < -0.4 is 5.32 Å². The third kappa shape index (κ3) is 2.67. The lowest BCUT2D eigenvalue weighted by atomic mass is 10.2. The van der Waals surface area contributed by atoms with E-state index in [1.54, 1.807) is 6.20 Å². The largest absolute Gasteiger partial charge is 0.370 e.